The Morgan fingerprint density at radius 2 is 1.95 bits per heavy atom. The number of sulfonamides is 1. The number of rotatable bonds is 2. The van der Waals surface area contributed by atoms with Crippen LogP contribution in [0.5, 0.6) is 0 Å². The van der Waals surface area contributed by atoms with Crippen molar-refractivity contribution >= 4 is 15.9 Å². The summed E-state index contributed by atoms with van der Waals surface area (Å²) in [6.45, 7) is 5.88. The average Bonchev–Trinajstić information content (AvgIpc) is 2.58. The van der Waals surface area contributed by atoms with Crippen molar-refractivity contribution < 1.29 is 13.5 Å². The first kappa shape index (κ1) is 14.0. The van der Waals surface area contributed by atoms with E-state index in [1.165, 1.54) is 0 Å². The highest BCUT2D eigenvalue weighted by Gasteiger charge is 2.30. The van der Waals surface area contributed by atoms with E-state index in [0.29, 0.717) is 11.4 Å². The average molecular weight is 282 g/mol. The molecule has 1 unspecified atom stereocenters. The van der Waals surface area contributed by atoms with E-state index in [0.717, 1.165) is 0 Å². The predicted octanol–water partition coefficient (Wildman–Crippen LogP) is 1.13. The predicted molar refractivity (Wildman–Crippen MR) is 73.6 cm³/mol. The van der Waals surface area contributed by atoms with Crippen LogP contribution in [0.1, 0.15) is 26.3 Å². The van der Waals surface area contributed by atoms with Gasteiger partial charge >= 0.3 is 0 Å². The molecule has 19 heavy (non-hydrogen) atoms. The zero-order valence-corrected chi connectivity index (χ0v) is 12.0. The molecule has 1 heterocycles. The summed E-state index contributed by atoms with van der Waals surface area (Å²) in [5, 5.41) is 9.94. The first-order valence-corrected chi connectivity index (χ1v) is 7.55. The van der Waals surface area contributed by atoms with Crippen molar-refractivity contribution in [3.05, 3.63) is 29.8 Å². The molecule has 1 aliphatic heterocycles. The van der Waals surface area contributed by atoms with Crippen molar-refractivity contribution in [1.29, 1.82) is 0 Å². The molecule has 0 spiro atoms. The Morgan fingerprint density at radius 3 is 2.58 bits per heavy atom. The highest BCUT2D eigenvalue weighted by Crippen LogP contribution is 2.23. The van der Waals surface area contributed by atoms with E-state index in [2.05, 4.69) is 9.71 Å². The molecule has 6 heteroatoms. The molecule has 0 saturated carbocycles. The van der Waals surface area contributed by atoms with E-state index in [-0.39, 0.29) is 16.9 Å². The number of benzene rings is 1. The molecule has 2 N–H and O–H groups in total. The zero-order valence-electron chi connectivity index (χ0n) is 11.2. The SMILES string of the molecule is CC(C)(C)C(O)CN=C1NS(=O)(=O)c2ccccc21. The smallest absolute Gasteiger partial charge is 0.263 e. The Morgan fingerprint density at radius 1 is 1.32 bits per heavy atom. The fraction of sp³-hybridized carbons (Fsp3) is 0.462. The van der Waals surface area contributed by atoms with Gasteiger partial charge in [-0.2, -0.15) is 0 Å². The molecule has 2 rings (SSSR count). The summed E-state index contributed by atoms with van der Waals surface area (Å²) >= 11 is 0. The standard InChI is InChI=1S/C13H18N2O3S/c1-13(2,3)11(16)8-14-12-9-6-4-5-7-10(9)19(17,18)15-12/h4-7,11,16H,8H2,1-3H3,(H,14,15). The van der Waals surface area contributed by atoms with Crippen molar-refractivity contribution in [3.8, 4) is 0 Å². The van der Waals surface area contributed by atoms with Gasteiger partial charge < -0.3 is 5.11 Å². The summed E-state index contributed by atoms with van der Waals surface area (Å²) in [6, 6.07) is 6.68. The second kappa shape index (κ2) is 4.61. The van der Waals surface area contributed by atoms with Gasteiger partial charge in [0.2, 0.25) is 0 Å². The van der Waals surface area contributed by atoms with Gasteiger partial charge in [-0.3, -0.25) is 9.71 Å². The fourth-order valence-electron chi connectivity index (χ4n) is 1.70. The van der Waals surface area contributed by atoms with Crippen LogP contribution in [-0.4, -0.2) is 32.0 Å². The van der Waals surface area contributed by atoms with Gasteiger partial charge in [-0.15, -0.1) is 0 Å². The topological polar surface area (TPSA) is 78.8 Å². The van der Waals surface area contributed by atoms with Gasteiger partial charge in [0, 0.05) is 5.56 Å². The Balaban J connectivity index is 2.30. The van der Waals surface area contributed by atoms with E-state index in [1.54, 1.807) is 24.3 Å². The zero-order chi connectivity index (χ0) is 14.3. The number of hydrogen-bond donors (Lipinski definition) is 2. The Labute approximate surface area is 113 Å². The molecule has 1 atom stereocenters. The lowest BCUT2D eigenvalue weighted by molar-refractivity contribution is 0.0713. The molecular formula is C13H18N2O3S. The molecule has 1 aromatic rings. The van der Waals surface area contributed by atoms with Gasteiger partial charge in [0.05, 0.1) is 17.5 Å². The molecule has 0 fully saturated rings. The van der Waals surface area contributed by atoms with Crippen LogP contribution in [0.15, 0.2) is 34.2 Å². The van der Waals surface area contributed by atoms with E-state index in [1.807, 2.05) is 20.8 Å². The van der Waals surface area contributed by atoms with Crippen LogP contribution in [0.2, 0.25) is 0 Å². The molecule has 5 nitrogen and oxygen atoms in total. The quantitative estimate of drug-likeness (QED) is 0.853. The van der Waals surface area contributed by atoms with Crippen molar-refractivity contribution in [2.45, 2.75) is 31.8 Å². The third-order valence-corrected chi connectivity index (χ3v) is 4.48. The Bertz CT molecular complexity index is 615. The van der Waals surface area contributed by atoms with E-state index >= 15 is 0 Å². The Hall–Kier alpha value is -1.40. The first-order valence-electron chi connectivity index (χ1n) is 6.06. The summed E-state index contributed by atoms with van der Waals surface area (Å²) in [5.74, 6) is 0.305. The van der Waals surface area contributed by atoms with Crippen LogP contribution in [0.4, 0.5) is 0 Å². The summed E-state index contributed by atoms with van der Waals surface area (Å²) in [4.78, 5) is 4.44. The van der Waals surface area contributed by atoms with E-state index < -0.39 is 16.1 Å². The van der Waals surface area contributed by atoms with E-state index in [4.69, 9.17) is 0 Å². The van der Waals surface area contributed by atoms with Crippen LogP contribution in [-0.2, 0) is 10.0 Å². The maximum atomic E-state index is 11.9. The number of aliphatic imine (C=N–C) groups is 1. The molecular weight excluding hydrogens is 264 g/mol. The van der Waals surface area contributed by atoms with Crippen molar-refractivity contribution in [3.63, 3.8) is 0 Å². The molecule has 0 amide bonds. The fourth-order valence-corrected chi connectivity index (χ4v) is 2.95. The number of fused-ring (bicyclic) bond motifs is 1. The van der Waals surface area contributed by atoms with Gasteiger partial charge in [0.1, 0.15) is 5.84 Å². The number of aliphatic hydroxyl groups is 1. The minimum Gasteiger partial charge on any atom is -0.391 e. The number of nitrogens with one attached hydrogen (secondary N) is 1. The van der Waals surface area contributed by atoms with Crippen LogP contribution in [0, 0.1) is 5.41 Å². The lowest BCUT2D eigenvalue weighted by Crippen LogP contribution is -2.30. The highest BCUT2D eigenvalue weighted by atomic mass is 32.2. The summed E-state index contributed by atoms with van der Waals surface area (Å²) in [7, 11) is -3.50. The molecule has 0 aromatic heterocycles. The second-order valence-corrected chi connectivity index (χ2v) is 7.32. The summed E-state index contributed by atoms with van der Waals surface area (Å²) in [6.07, 6.45) is -0.628. The highest BCUT2D eigenvalue weighted by molar-refractivity contribution is 7.90. The number of nitrogens with zero attached hydrogens (tertiary/aromatic N) is 1. The molecule has 0 saturated heterocycles. The van der Waals surface area contributed by atoms with Crippen molar-refractivity contribution in [1.82, 2.24) is 4.72 Å². The summed E-state index contributed by atoms with van der Waals surface area (Å²) in [5.41, 5.74) is 0.268. The second-order valence-electron chi connectivity index (χ2n) is 5.67. The molecule has 104 valence electrons. The van der Waals surface area contributed by atoms with Gasteiger partial charge in [-0.1, -0.05) is 32.9 Å². The van der Waals surface area contributed by atoms with Gasteiger partial charge in [0.25, 0.3) is 10.0 Å². The minimum atomic E-state index is -3.50. The molecule has 0 bridgehead atoms. The molecule has 1 aliphatic rings. The number of aliphatic hydroxyl groups excluding tert-OH is 1. The van der Waals surface area contributed by atoms with Crippen molar-refractivity contribution in [2.24, 2.45) is 10.4 Å². The van der Waals surface area contributed by atoms with Crippen molar-refractivity contribution in [2.75, 3.05) is 6.54 Å². The lowest BCUT2D eigenvalue weighted by atomic mass is 9.89. The third kappa shape index (κ3) is 2.79. The lowest BCUT2D eigenvalue weighted by Gasteiger charge is -2.24. The van der Waals surface area contributed by atoms with Gasteiger partial charge in [-0.05, 0) is 17.5 Å². The van der Waals surface area contributed by atoms with Gasteiger partial charge in [0.15, 0.2) is 0 Å². The van der Waals surface area contributed by atoms with Crippen LogP contribution in [0.3, 0.4) is 0 Å². The monoisotopic (exact) mass is 282 g/mol. The van der Waals surface area contributed by atoms with E-state index in [9.17, 15) is 13.5 Å². The number of amidine groups is 1. The van der Waals surface area contributed by atoms with Gasteiger partial charge in [-0.25, -0.2) is 8.42 Å². The molecule has 0 aliphatic carbocycles. The number of hydrogen-bond acceptors (Lipinski definition) is 4. The summed E-state index contributed by atoms with van der Waals surface area (Å²) < 4.78 is 26.1. The molecule has 1 aromatic carbocycles. The van der Waals surface area contributed by atoms with Crippen LogP contribution < -0.4 is 4.72 Å². The van der Waals surface area contributed by atoms with Crippen LogP contribution in [0.25, 0.3) is 0 Å². The van der Waals surface area contributed by atoms with Crippen LogP contribution >= 0.6 is 0 Å². The first-order chi connectivity index (χ1) is 8.72. The third-order valence-electron chi connectivity index (χ3n) is 3.08. The Kier molecular flexibility index (Phi) is 3.40. The normalized spacial score (nSPS) is 20.9. The maximum absolute atomic E-state index is 11.9. The minimum absolute atomic E-state index is 0.162. The molecule has 0 radical (unpaired) electrons. The largest absolute Gasteiger partial charge is 0.391 e. The maximum Gasteiger partial charge on any atom is 0.263 e.